The van der Waals surface area contributed by atoms with Crippen LogP contribution in [-0.2, 0) is 18.9 Å². The van der Waals surface area contributed by atoms with Gasteiger partial charge in [0.2, 0.25) is 0 Å². The molecule has 3 heterocycles. The van der Waals surface area contributed by atoms with E-state index in [1.54, 1.807) is 24.3 Å². The molecule has 1 aromatic carbocycles. The van der Waals surface area contributed by atoms with E-state index in [-0.39, 0.29) is 42.2 Å². The molecule has 0 aliphatic rings. The number of hydrogen-bond donors (Lipinski definition) is 1. The Morgan fingerprint density at radius 3 is 2.32 bits per heavy atom. The number of nitrogens with one attached hydrogen (secondary N) is 1. The summed E-state index contributed by atoms with van der Waals surface area (Å²) in [5.41, 5.74) is -2.31. The molecule has 0 spiro atoms. The average molecular weight is 561 g/mol. The molecule has 0 bridgehead atoms. The number of aromatic nitrogens is 5. The second kappa shape index (κ2) is 10.2. The highest BCUT2D eigenvalue weighted by Gasteiger charge is 2.38. The Labute approximate surface area is 216 Å². The van der Waals surface area contributed by atoms with Gasteiger partial charge in [-0.3, -0.25) is 9.48 Å². The van der Waals surface area contributed by atoms with Gasteiger partial charge in [-0.25, -0.2) is 9.50 Å². The first-order valence-electron chi connectivity index (χ1n) is 11.0. The van der Waals surface area contributed by atoms with Crippen molar-refractivity contribution in [2.24, 2.45) is 0 Å². The highest BCUT2D eigenvalue weighted by Crippen LogP contribution is 2.35. The van der Waals surface area contributed by atoms with Gasteiger partial charge in [-0.05, 0) is 43.7 Å². The number of methoxy groups -OCH3 is 1. The Balaban J connectivity index is 1.51. The molecule has 4 aromatic rings. The predicted molar refractivity (Wildman–Crippen MR) is 124 cm³/mol. The molecule has 0 fully saturated rings. The van der Waals surface area contributed by atoms with Crippen molar-refractivity contribution in [2.75, 3.05) is 13.7 Å². The topological polar surface area (TPSA) is 86.3 Å². The number of fused-ring (bicyclic) bond motifs is 1. The summed E-state index contributed by atoms with van der Waals surface area (Å²) in [5, 5.41) is 9.22. The molecule has 8 nitrogen and oxygen atoms in total. The fourth-order valence-electron chi connectivity index (χ4n) is 3.64. The second-order valence-electron chi connectivity index (χ2n) is 8.13. The van der Waals surface area contributed by atoms with Crippen LogP contribution >= 0.6 is 11.6 Å². The summed E-state index contributed by atoms with van der Waals surface area (Å²) >= 11 is 5.71. The number of halogens is 7. The number of hydrogen-bond acceptors (Lipinski definition) is 5. The number of aryl methyl sites for hydroxylation is 1. The summed E-state index contributed by atoms with van der Waals surface area (Å²) in [7, 11) is 1.46. The lowest BCUT2D eigenvalue weighted by molar-refractivity contribution is -0.143. The summed E-state index contributed by atoms with van der Waals surface area (Å²) in [5.74, 6) is -0.262. The fourth-order valence-corrected chi connectivity index (χ4v) is 3.88. The van der Waals surface area contributed by atoms with Gasteiger partial charge in [0.05, 0.1) is 23.5 Å². The average Bonchev–Trinajstić information content (AvgIpc) is 3.41. The maximum Gasteiger partial charge on any atom is 0.436 e. The van der Waals surface area contributed by atoms with E-state index < -0.39 is 34.7 Å². The van der Waals surface area contributed by atoms with E-state index in [2.05, 4.69) is 20.5 Å². The molecule has 38 heavy (non-hydrogen) atoms. The number of nitrogens with zero attached hydrogens (tertiary/aromatic N) is 5. The minimum atomic E-state index is -4.79. The molecule has 4 rings (SSSR count). The third-order valence-corrected chi connectivity index (χ3v) is 6.02. The second-order valence-corrected chi connectivity index (χ2v) is 8.51. The maximum absolute atomic E-state index is 13.8. The standard InChI is InChI=1S/C23H19ClF6N6O2/c1-12-19(24)20(23(28,29)30)34-35(12)9-3-8-31-21(37)16-11-18-32-15(13-4-6-14(38-2)7-5-13)10-17(22(25,26)27)36(18)33-16/h4-7,10-11H,3,8-9H2,1-2H3,(H,31,37). The first kappa shape index (κ1) is 27.2. The van der Waals surface area contributed by atoms with Gasteiger partial charge in [-0.2, -0.15) is 36.5 Å². The Morgan fingerprint density at radius 1 is 1.05 bits per heavy atom. The van der Waals surface area contributed by atoms with E-state index in [0.717, 1.165) is 16.8 Å². The van der Waals surface area contributed by atoms with E-state index in [4.69, 9.17) is 16.3 Å². The van der Waals surface area contributed by atoms with Crippen LogP contribution in [0.4, 0.5) is 26.3 Å². The third-order valence-electron chi connectivity index (χ3n) is 5.57. The number of rotatable bonds is 7. The molecule has 0 saturated carbocycles. The number of alkyl halides is 6. The van der Waals surface area contributed by atoms with E-state index >= 15 is 0 Å². The van der Waals surface area contributed by atoms with Crippen molar-refractivity contribution in [2.45, 2.75) is 32.2 Å². The number of ether oxygens (including phenoxy) is 1. The van der Waals surface area contributed by atoms with Crippen molar-refractivity contribution in [1.29, 1.82) is 0 Å². The lowest BCUT2D eigenvalue weighted by atomic mass is 10.1. The minimum Gasteiger partial charge on any atom is -0.497 e. The van der Waals surface area contributed by atoms with Crippen molar-refractivity contribution in [1.82, 2.24) is 29.7 Å². The van der Waals surface area contributed by atoms with Crippen LogP contribution in [0.1, 0.15) is 34.0 Å². The molecule has 0 aliphatic heterocycles. The fraction of sp³-hybridized carbons (Fsp3) is 0.304. The van der Waals surface area contributed by atoms with E-state index in [1.807, 2.05) is 0 Å². The lowest BCUT2D eigenvalue weighted by Gasteiger charge is -2.11. The number of benzene rings is 1. The Kier molecular flexibility index (Phi) is 7.28. The van der Waals surface area contributed by atoms with Gasteiger partial charge in [0.25, 0.3) is 5.91 Å². The Morgan fingerprint density at radius 2 is 1.74 bits per heavy atom. The van der Waals surface area contributed by atoms with Gasteiger partial charge in [-0.1, -0.05) is 11.6 Å². The smallest absolute Gasteiger partial charge is 0.436 e. The van der Waals surface area contributed by atoms with Gasteiger partial charge in [0, 0.05) is 24.7 Å². The molecule has 0 unspecified atom stereocenters. The highest BCUT2D eigenvalue weighted by molar-refractivity contribution is 6.31. The number of carbonyl (C=O) groups is 1. The molecule has 0 atom stereocenters. The van der Waals surface area contributed by atoms with Gasteiger partial charge < -0.3 is 10.1 Å². The molecular weight excluding hydrogens is 542 g/mol. The van der Waals surface area contributed by atoms with Crippen LogP contribution in [0.15, 0.2) is 36.4 Å². The quantitative estimate of drug-likeness (QED) is 0.241. The monoisotopic (exact) mass is 560 g/mol. The highest BCUT2D eigenvalue weighted by atomic mass is 35.5. The van der Waals surface area contributed by atoms with Crippen molar-refractivity contribution < 1.29 is 35.9 Å². The van der Waals surface area contributed by atoms with Crippen LogP contribution in [0, 0.1) is 6.92 Å². The van der Waals surface area contributed by atoms with Crippen molar-refractivity contribution in [3.63, 3.8) is 0 Å². The summed E-state index contributed by atoms with van der Waals surface area (Å²) in [6.07, 6.45) is -9.33. The molecule has 0 saturated heterocycles. The molecule has 1 amide bonds. The van der Waals surface area contributed by atoms with Gasteiger partial charge in [0.1, 0.15) is 5.75 Å². The van der Waals surface area contributed by atoms with Crippen LogP contribution in [0.5, 0.6) is 5.75 Å². The van der Waals surface area contributed by atoms with E-state index in [1.165, 1.54) is 14.0 Å². The van der Waals surface area contributed by atoms with Crippen LogP contribution < -0.4 is 10.1 Å². The van der Waals surface area contributed by atoms with Crippen LogP contribution in [0.2, 0.25) is 5.02 Å². The number of amides is 1. The summed E-state index contributed by atoms with van der Waals surface area (Å²) in [4.78, 5) is 16.8. The molecule has 3 aromatic heterocycles. The summed E-state index contributed by atoms with van der Waals surface area (Å²) in [6, 6.07) is 8.20. The normalized spacial score (nSPS) is 12.2. The first-order chi connectivity index (χ1) is 17.8. The zero-order valence-electron chi connectivity index (χ0n) is 19.8. The van der Waals surface area contributed by atoms with Gasteiger partial charge >= 0.3 is 12.4 Å². The van der Waals surface area contributed by atoms with Gasteiger partial charge in [-0.15, -0.1) is 0 Å². The minimum absolute atomic E-state index is 0.0120. The molecule has 15 heteroatoms. The largest absolute Gasteiger partial charge is 0.497 e. The van der Waals surface area contributed by atoms with Gasteiger partial charge in [0.15, 0.2) is 22.7 Å². The van der Waals surface area contributed by atoms with E-state index in [0.29, 0.717) is 15.8 Å². The van der Waals surface area contributed by atoms with E-state index in [9.17, 15) is 31.1 Å². The Hall–Kier alpha value is -3.81. The molecule has 0 radical (unpaired) electrons. The molecule has 0 aliphatic carbocycles. The Bertz CT molecular complexity index is 1480. The molecule has 1 N–H and O–H groups in total. The predicted octanol–water partition coefficient (Wildman–Crippen LogP) is 5.42. The van der Waals surface area contributed by atoms with Crippen LogP contribution in [0.25, 0.3) is 16.9 Å². The first-order valence-corrected chi connectivity index (χ1v) is 11.4. The molecule has 202 valence electrons. The molecular formula is C23H19ClF6N6O2. The summed E-state index contributed by atoms with van der Waals surface area (Å²) in [6.45, 7) is 1.38. The van der Waals surface area contributed by atoms with Crippen molar-refractivity contribution >= 4 is 23.2 Å². The lowest BCUT2D eigenvalue weighted by Crippen LogP contribution is -2.26. The third kappa shape index (κ3) is 5.54. The SMILES string of the molecule is COc1ccc(-c2cc(C(F)(F)F)n3nc(C(=O)NCCCn4nc(C(F)(F)F)c(Cl)c4C)cc3n2)cc1. The maximum atomic E-state index is 13.8. The summed E-state index contributed by atoms with van der Waals surface area (Å²) < 4.78 is 86.9. The van der Waals surface area contributed by atoms with Crippen molar-refractivity contribution in [3.05, 3.63) is 64.2 Å². The van der Waals surface area contributed by atoms with Crippen LogP contribution in [0.3, 0.4) is 0 Å². The zero-order valence-corrected chi connectivity index (χ0v) is 20.5. The van der Waals surface area contributed by atoms with Crippen molar-refractivity contribution in [3.8, 4) is 17.0 Å². The zero-order chi connectivity index (χ0) is 27.8. The number of carbonyl (C=O) groups excluding carboxylic acids is 1. The van der Waals surface area contributed by atoms with Crippen LogP contribution in [-0.4, -0.2) is 43.9 Å².